The van der Waals surface area contributed by atoms with Crippen LogP contribution in [0.15, 0.2) is 0 Å². The molecule has 1 fully saturated rings. The van der Waals surface area contributed by atoms with Crippen LogP contribution in [-0.2, 0) is 4.74 Å². The lowest BCUT2D eigenvalue weighted by Gasteiger charge is -2.31. The van der Waals surface area contributed by atoms with Crippen LogP contribution in [0.2, 0.25) is 0 Å². The Morgan fingerprint density at radius 1 is 1.41 bits per heavy atom. The summed E-state index contributed by atoms with van der Waals surface area (Å²) in [6, 6.07) is 0.178. The van der Waals surface area contributed by atoms with Gasteiger partial charge in [0.1, 0.15) is 5.60 Å². The quantitative estimate of drug-likeness (QED) is 0.709. The van der Waals surface area contributed by atoms with Crippen LogP contribution in [0.3, 0.4) is 0 Å². The number of amides is 1. The molecule has 0 aromatic carbocycles. The van der Waals surface area contributed by atoms with Gasteiger partial charge in [-0.05, 0) is 39.0 Å². The van der Waals surface area contributed by atoms with Crippen molar-refractivity contribution in [1.29, 1.82) is 0 Å². The van der Waals surface area contributed by atoms with Crippen molar-refractivity contribution >= 4 is 6.09 Å². The van der Waals surface area contributed by atoms with Gasteiger partial charge in [0.2, 0.25) is 0 Å². The van der Waals surface area contributed by atoms with E-state index in [4.69, 9.17) is 10.5 Å². The average molecular weight is 242 g/mol. The third kappa shape index (κ3) is 4.94. The van der Waals surface area contributed by atoms with Crippen LogP contribution >= 0.6 is 0 Å². The fourth-order valence-corrected chi connectivity index (χ4v) is 2.28. The Morgan fingerprint density at radius 2 is 2.00 bits per heavy atom. The van der Waals surface area contributed by atoms with E-state index in [1.54, 1.807) is 4.90 Å². The highest BCUT2D eigenvalue weighted by Crippen LogP contribution is 2.28. The molecule has 0 bridgehead atoms. The zero-order valence-corrected chi connectivity index (χ0v) is 11.7. The molecule has 1 unspecified atom stereocenters. The predicted molar refractivity (Wildman–Crippen MR) is 68.8 cm³/mol. The molecule has 1 amide bonds. The van der Waals surface area contributed by atoms with Gasteiger partial charge in [0, 0.05) is 19.1 Å². The Hall–Kier alpha value is -0.770. The molecule has 1 heterocycles. The van der Waals surface area contributed by atoms with E-state index in [9.17, 15) is 4.79 Å². The Morgan fingerprint density at radius 3 is 2.53 bits per heavy atom. The molecular formula is C13H26N2O2. The van der Waals surface area contributed by atoms with Crippen LogP contribution in [0.5, 0.6) is 0 Å². The van der Waals surface area contributed by atoms with E-state index in [0.29, 0.717) is 6.54 Å². The molecule has 0 radical (unpaired) electrons. The third-order valence-corrected chi connectivity index (χ3v) is 2.86. The molecule has 1 aliphatic rings. The number of likely N-dealkylation sites (tertiary alicyclic amines) is 1. The van der Waals surface area contributed by atoms with Crippen molar-refractivity contribution in [3.8, 4) is 0 Å². The van der Waals surface area contributed by atoms with Crippen molar-refractivity contribution in [3.05, 3.63) is 0 Å². The first-order valence-electron chi connectivity index (χ1n) is 6.33. The normalized spacial score (nSPS) is 25.3. The monoisotopic (exact) mass is 242 g/mol. The Balaban J connectivity index is 2.67. The summed E-state index contributed by atoms with van der Waals surface area (Å²) in [6.45, 7) is 11.4. The van der Waals surface area contributed by atoms with Crippen LogP contribution in [0.4, 0.5) is 4.79 Å². The van der Waals surface area contributed by atoms with E-state index < -0.39 is 5.60 Å². The highest BCUT2D eigenvalue weighted by atomic mass is 16.6. The second-order valence-electron chi connectivity index (χ2n) is 6.82. The molecular weight excluding hydrogens is 216 g/mol. The van der Waals surface area contributed by atoms with Gasteiger partial charge in [0.15, 0.2) is 0 Å². The Kier molecular flexibility index (Phi) is 4.07. The van der Waals surface area contributed by atoms with Crippen molar-refractivity contribution in [2.75, 3.05) is 13.1 Å². The fourth-order valence-electron chi connectivity index (χ4n) is 2.28. The number of hydrogen-bond acceptors (Lipinski definition) is 3. The molecule has 0 saturated carbocycles. The summed E-state index contributed by atoms with van der Waals surface area (Å²) < 4.78 is 5.41. The van der Waals surface area contributed by atoms with Gasteiger partial charge < -0.3 is 15.4 Å². The van der Waals surface area contributed by atoms with Crippen LogP contribution in [-0.4, -0.2) is 35.7 Å². The fraction of sp³-hybridized carbons (Fsp3) is 0.923. The van der Waals surface area contributed by atoms with Gasteiger partial charge in [-0.15, -0.1) is 0 Å². The van der Waals surface area contributed by atoms with Crippen LogP contribution in [0, 0.1) is 5.41 Å². The molecule has 17 heavy (non-hydrogen) atoms. The molecule has 1 aliphatic heterocycles. The van der Waals surface area contributed by atoms with Crippen molar-refractivity contribution < 1.29 is 9.53 Å². The number of carbonyl (C=O) groups is 1. The van der Waals surface area contributed by atoms with Crippen LogP contribution in [0.1, 0.15) is 47.5 Å². The van der Waals surface area contributed by atoms with E-state index in [1.807, 2.05) is 20.8 Å². The smallest absolute Gasteiger partial charge is 0.410 e. The number of rotatable bonds is 0. The SMILES string of the molecule is CC1(C)CC(N)CCN(C(=O)OC(C)(C)C)C1. The van der Waals surface area contributed by atoms with Crippen molar-refractivity contribution in [1.82, 2.24) is 4.90 Å². The largest absolute Gasteiger partial charge is 0.444 e. The summed E-state index contributed by atoms with van der Waals surface area (Å²) in [7, 11) is 0. The summed E-state index contributed by atoms with van der Waals surface area (Å²) >= 11 is 0. The molecule has 4 heteroatoms. The van der Waals surface area contributed by atoms with E-state index in [1.165, 1.54) is 0 Å². The van der Waals surface area contributed by atoms with Gasteiger partial charge in [0.25, 0.3) is 0 Å². The maximum atomic E-state index is 12.0. The average Bonchev–Trinajstić information content (AvgIpc) is 2.20. The predicted octanol–water partition coefficient (Wildman–Crippen LogP) is 2.37. The minimum Gasteiger partial charge on any atom is -0.444 e. The maximum Gasteiger partial charge on any atom is 0.410 e. The molecule has 4 nitrogen and oxygen atoms in total. The zero-order chi connectivity index (χ0) is 13.3. The number of nitrogens with two attached hydrogens (primary N) is 1. The standard InChI is InChI=1S/C13H26N2O2/c1-12(2,3)17-11(16)15-7-6-10(14)8-13(4,5)9-15/h10H,6-9,14H2,1-5H3. The van der Waals surface area contributed by atoms with Crippen LogP contribution < -0.4 is 5.73 Å². The number of hydrogen-bond donors (Lipinski definition) is 1. The first kappa shape index (κ1) is 14.3. The van der Waals surface area contributed by atoms with Crippen molar-refractivity contribution in [2.24, 2.45) is 11.1 Å². The summed E-state index contributed by atoms with van der Waals surface area (Å²) in [5, 5.41) is 0. The lowest BCUT2D eigenvalue weighted by atomic mass is 9.86. The van der Waals surface area contributed by atoms with E-state index >= 15 is 0 Å². The van der Waals surface area contributed by atoms with Crippen molar-refractivity contribution in [3.63, 3.8) is 0 Å². The first-order chi connectivity index (χ1) is 7.59. The number of ether oxygens (including phenoxy) is 1. The van der Waals surface area contributed by atoms with Crippen LogP contribution in [0.25, 0.3) is 0 Å². The molecule has 0 spiro atoms. The highest BCUT2D eigenvalue weighted by molar-refractivity contribution is 5.68. The van der Waals surface area contributed by atoms with E-state index in [-0.39, 0.29) is 17.6 Å². The summed E-state index contributed by atoms with van der Waals surface area (Å²) in [5.41, 5.74) is 5.65. The number of nitrogens with zero attached hydrogens (tertiary/aromatic N) is 1. The third-order valence-electron chi connectivity index (χ3n) is 2.86. The molecule has 1 rings (SSSR count). The molecule has 0 aromatic rings. The highest BCUT2D eigenvalue weighted by Gasteiger charge is 2.32. The Labute approximate surface area is 104 Å². The van der Waals surface area contributed by atoms with Gasteiger partial charge in [-0.3, -0.25) is 0 Å². The first-order valence-corrected chi connectivity index (χ1v) is 6.33. The molecule has 1 atom stereocenters. The second kappa shape index (κ2) is 4.84. The second-order valence-corrected chi connectivity index (χ2v) is 6.82. The Bertz CT molecular complexity index is 282. The molecule has 2 N–H and O–H groups in total. The summed E-state index contributed by atoms with van der Waals surface area (Å²) in [4.78, 5) is 13.8. The molecule has 0 aliphatic carbocycles. The van der Waals surface area contributed by atoms with E-state index in [0.717, 1.165) is 19.4 Å². The molecule has 1 saturated heterocycles. The summed E-state index contributed by atoms with van der Waals surface area (Å²) in [5.74, 6) is 0. The minimum absolute atomic E-state index is 0.0623. The van der Waals surface area contributed by atoms with E-state index in [2.05, 4.69) is 13.8 Å². The maximum absolute atomic E-state index is 12.0. The van der Waals surface area contributed by atoms with Crippen molar-refractivity contribution in [2.45, 2.75) is 59.1 Å². The summed E-state index contributed by atoms with van der Waals surface area (Å²) in [6.07, 6.45) is 1.58. The van der Waals surface area contributed by atoms with Gasteiger partial charge in [-0.1, -0.05) is 13.8 Å². The minimum atomic E-state index is -0.435. The van der Waals surface area contributed by atoms with Gasteiger partial charge in [-0.25, -0.2) is 4.79 Å². The molecule has 100 valence electrons. The van der Waals surface area contributed by atoms with Gasteiger partial charge in [0.05, 0.1) is 0 Å². The lowest BCUT2D eigenvalue weighted by Crippen LogP contribution is -2.41. The van der Waals surface area contributed by atoms with Gasteiger partial charge in [-0.2, -0.15) is 0 Å². The number of carbonyl (C=O) groups excluding carboxylic acids is 1. The van der Waals surface area contributed by atoms with Gasteiger partial charge >= 0.3 is 6.09 Å². The topological polar surface area (TPSA) is 55.6 Å². The zero-order valence-electron chi connectivity index (χ0n) is 11.7. The lowest BCUT2D eigenvalue weighted by molar-refractivity contribution is 0.0200. The molecule has 0 aromatic heterocycles.